The quantitative estimate of drug-likeness (QED) is 0.553. The van der Waals surface area contributed by atoms with Gasteiger partial charge < -0.3 is 14.9 Å². The molecule has 0 aliphatic carbocycles. The maximum Gasteiger partial charge on any atom is 0.222 e. The first-order valence-electron chi connectivity index (χ1n) is 9.71. The van der Waals surface area contributed by atoms with Crippen LogP contribution in [0.5, 0.6) is 0 Å². The molecule has 0 saturated carbocycles. The van der Waals surface area contributed by atoms with E-state index in [2.05, 4.69) is 58.6 Å². The van der Waals surface area contributed by atoms with Crippen LogP contribution in [0.15, 0.2) is 54.7 Å². The number of hydrogen-bond acceptors (Lipinski definition) is 1. The Labute approximate surface area is 158 Å². The minimum Gasteiger partial charge on any atom is -0.361 e. The van der Waals surface area contributed by atoms with Gasteiger partial charge in [-0.15, -0.1) is 0 Å². The van der Waals surface area contributed by atoms with Crippen molar-refractivity contribution in [2.24, 2.45) is 0 Å². The van der Waals surface area contributed by atoms with Crippen molar-refractivity contribution < 1.29 is 4.79 Å². The number of rotatable bonds is 4. The lowest BCUT2D eigenvalue weighted by atomic mass is 10.0. The van der Waals surface area contributed by atoms with Crippen LogP contribution in [0.4, 0.5) is 0 Å². The molecule has 136 valence electrons. The zero-order valence-corrected chi connectivity index (χ0v) is 15.3. The SMILES string of the molecule is O=C(CCCc1c[nH]c2ccccc12)N1CCc2[nH]c3ccccc3c2C1. The van der Waals surface area contributed by atoms with E-state index in [1.54, 1.807) is 0 Å². The number of para-hydroxylation sites is 2. The Hall–Kier alpha value is -3.01. The fraction of sp³-hybridized carbons (Fsp3) is 0.261. The van der Waals surface area contributed by atoms with Crippen molar-refractivity contribution in [2.45, 2.75) is 32.2 Å². The number of hydrogen-bond donors (Lipinski definition) is 2. The number of nitrogens with zero attached hydrogens (tertiary/aromatic N) is 1. The highest BCUT2D eigenvalue weighted by atomic mass is 16.2. The molecule has 4 aromatic rings. The summed E-state index contributed by atoms with van der Waals surface area (Å²) in [6, 6.07) is 16.7. The predicted molar refractivity (Wildman–Crippen MR) is 109 cm³/mol. The van der Waals surface area contributed by atoms with Gasteiger partial charge in [-0.3, -0.25) is 4.79 Å². The molecule has 2 aromatic heterocycles. The molecule has 1 aliphatic heterocycles. The number of aryl methyl sites for hydroxylation is 1. The number of benzene rings is 2. The molecule has 0 fully saturated rings. The van der Waals surface area contributed by atoms with E-state index in [0.717, 1.165) is 32.4 Å². The van der Waals surface area contributed by atoms with Gasteiger partial charge in [0.2, 0.25) is 5.91 Å². The molecular formula is C23H23N3O. The first-order chi connectivity index (χ1) is 13.3. The van der Waals surface area contributed by atoms with Crippen LogP contribution in [-0.4, -0.2) is 27.3 Å². The van der Waals surface area contributed by atoms with Gasteiger partial charge in [0.15, 0.2) is 0 Å². The van der Waals surface area contributed by atoms with Crippen molar-refractivity contribution >= 4 is 27.7 Å². The van der Waals surface area contributed by atoms with Crippen LogP contribution in [0.25, 0.3) is 21.8 Å². The molecule has 4 nitrogen and oxygen atoms in total. The van der Waals surface area contributed by atoms with Gasteiger partial charge in [-0.25, -0.2) is 0 Å². The number of H-pyrrole nitrogens is 2. The van der Waals surface area contributed by atoms with E-state index in [9.17, 15) is 4.79 Å². The van der Waals surface area contributed by atoms with E-state index in [1.165, 1.54) is 38.6 Å². The van der Waals surface area contributed by atoms with Crippen LogP contribution in [-0.2, 0) is 24.2 Å². The third-order valence-corrected chi connectivity index (χ3v) is 5.75. The van der Waals surface area contributed by atoms with Crippen molar-refractivity contribution in [3.05, 3.63) is 71.5 Å². The van der Waals surface area contributed by atoms with Crippen LogP contribution in [0, 0.1) is 0 Å². The van der Waals surface area contributed by atoms with Crippen LogP contribution < -0.4 is 0 Å². The summed E-state index contributed by atoms with van der Waals surface area (Å²) in [6.45, 7) is 1.54. The van der Waals surface area contributed by atoms with E-state index < -0.39 is 0 Å². The maximum atomic E-state index is 12.8. The summed E-state index contributed by atoms with van der Waals surface area (Å²) >= 11 is 0. The van der Waals surface area contributed by atoms with Gasteiger partial charge in [0.1, 0.15) is 0 Å². The Balaban J connectivity index is 1.24. The van der Waals surface area contributed by atoms with E-state index in [-0.39, 0.29) is 5.91 Å². The maximum absolute atomic E-state index is 12.8. The Morgan fingerprint density at radius 2 is 1.78 bits per heavy atom. The molecule has 3 heterocycles. The van der Waals surface area contributed by atoms with E-state index in [1.807, 2.05) is 11.0 Å². The van der Waals surface area contributed by atoms with E-state index in [0.29, 0.717) is 6.42 Å². The van der Waals surface area contributed by atoms with Gasteiger partial charge in [-0.2, -0.15) is 0 Å². The second kappa shape index (κ2) is 6.62. The molecule has 0 saturated heterocycles. The Kier molecular flexibility index (Phi) is 3.97. The first kappa shape index (κ1) is 16.2. The van der Waals surface area contributed by atoms with Crippen LogP contribution in [0.2, 0.25) is 0 Å². The topological polar surface area (TPSA) is 51.9 Å². The van der Waals surface area contributed by atoms with Crippen molar-refractivity contribution in [2.75, 3.05) is 6.54 Å². The molecule has 0 bridgehead atoms. The number of aromatic amines is 2. The lowest BCUT2D eigenvalue weighted by Gasteiger charge is -2.27. The van der Waals surface area contributed by atoms with Crippen LogP contribution in [0.1, 0.15) is 29.7 Å². The molecule has 4 heteroatoms. The summed E-state index contributed by atoms with van der Waals surface area (Å²) in [5.41, 5.74) is 6.23. The minimum atomic E-state index is 0.269. The number of amides is 1. The van der Waals surface area contributed by atoms with Gasteiger partial charge >= 0.3 is 0 Å². The molecule has 1 aliphatic rings. The smallest absolute Gasteiger partial charge is 0.222 e. The molecule has 2 N–H and O–H groups in total. The first-order valence-corrected chi connectivity index (χ1v) is 9.71. The highest BCUT2D eigenvalue weighted by Crippen LogP contribution is 2.28. The van der Waals surface area contributed by atoms with Gasteiger partial charge in [0.25, 0.3) is 0 Å². The number of carbonyl (C=O) groups excluding carboxylic acids is 1. The Bertz CT molecular complexity index is 1120. The summed E-state index contributed by atoms with van der Waals surface area (Å²) in [6.07, 6.45) is 5.42. The zero-order chi connectivity index (χ0) is 18.2. The highest BCUT2D eigenvalue weighted by Gasteiger charge is 2.23. The summed E-state index contributed by atoms with van der Waals surface area (Å²) in [7, 11) is 0. The number of fused-ring (bicyclic) bond motifs is 4. The van der Waals surface area contributed by atoms with Crippen molar-refractivity contribution in [1.82, 2.24) is 14.9 Å². The monoisotopic (exact) mass is 357 g/mol. The lowest BCUT2D eigenvalue weighted by Crippen LogP contribution is -2.35. The fourth-order valence-electron chi connectivity index (χ4n) is 4.31. The van der Waals surface area contributed by atoms with E-state index >= 15 is 0 Å². The Morgan fingerprint density at radius 1 is 1.00 bits per heavy atom. The second-order valence-corrected chi connectivity index (χ2v) is 7.41. The lowest BCUT2D eigenvalue weighted by molar-refractivity contribution is -0.132. The number of carbonyl (C=O) groups is 1. The van der Waals surface area contributed by atoms with Gasteiger partial charge in [-0.05, 0) is 30.5 Å². The minimum absolute atomic E-state index is 0.269. The third-order valence-electron chi connectivity index (χ3n) is 5.75. The normalized spacial score (nSPS) is 14.0. The average Bonchev–Trinajstić information content (AvgIpc) is 3.29. The summed E-state index contributed by atoms with van der Waals surface area (Å²) in [5.74, 6) is 0.269. The van der Waals surface area contributed by atoms with Crippen molar-refractivity contribution in [3.8, 4) is 0 Å². The molecule has 2 aromatic carbocycles. The van der Waals surface area contributed by atoms with Crippen LogP contribution in [0.3, 0.4) is 0 Å². The summed E-state index contributed by atoms with van der Waals surface area (Å²) < 4.78 is 0. The Morgan fingerprint density at radius 3 is 2.67 bits per heavy atom. The number of aromatic nitrogens is 2. The molecule has 0 spiro atoms. The second-order valence-electron chi connectivity index (χ2n) is 7.41. The molecule has 27 heavy (non-hydrogen) atoms. The highest BCUT2D eigenvalue weighted by molar-refractivity contribution is 5.86. The van der Waals surface area contributed by atoms with Crippen molar-refractivity contribution in [3.63, 3.8) is 0 Å². The number of nitrogens with one attached hydrogen (secondary N) is 2. The van der Waals surface area contributed by atoms with Gasteiger partial charge in [0.05, 0.1) is 0 Å². The van der Waals surface area contributed by atoms with Gasteiger partial charge in [0, 0.05) is 65.2 Å². The summed E-state index contributed by atoms with van der Waals surface area (Å²) in [5, 5.41) is 2.52. The largest absolute Gasteiger partial charge is 0.361 e. The third kappa shape index (κ3) is 2.91. The average molecular weight is 357 g/mol. The van der Waals surface area contributed by atoms with Crippen molar-refractivity contribution in [1.29, 1.82) is 0 Å². The van der Waals surface area contributed by atoms with Gasteiger partial charge in [-0.1, -0.05) is 36.4 Å². The standard InChI is InChI=1S/C23H23N3O/c27-23(11-5-6-16-14-24-20-9-3-1-7-17(16)20)26-13-12-22-19(15-26)18-8-2-4-10-21(18)25-22/h1-4,7-10,14,24-25H,5-6,11-13,15H2. The molecule has 1 amide bonds. The van der Waals surface area contributed by atoms with Crippen LogP contribution >= 0.6 is 0 Å². The molecule has 0 atom stereocenters. The van der Waals surface area contributed by atoms with E-state index in [4.69, 9.17) is 0 Å². The molecule has 5 rings (SSSR count). The fourth-order valence-corrected chi connectivity index (χ4v) is 4.31. The predicted octanol–water partition coefficient (Wildman–Crippen LogP) is 4.56. The molecule has 0 radical (unpaired) electrons. The summed E-state index contributed by atoms with van der Waals surface area (Å²) in [4.78, 5) is 21.6. The molecule has 0 unspecified atom stereocenters. The molecular weight excluding hydrogens is 334 g/mol. The zero-order valence-electron chi connectivity index (χ0n) is 15.3.